The summed E-state index contributed by atoms with van der Waals surface area (Å²) < 4.78 is 17.8. The molecule has 0 bridgehead atoms. The van der Waals surface area contributed by atoms with E-state index in [0.29, 0.717) is 5.56 Å². The molecule has 0 fully saturated rings. The Bertz CT molecular complexity index is 343. The fraction of sp³-hybridized carbons (Fsp3) is 0.455. The number of benzene rings is 1. The molecule has 1 rings (SSSR count). The van der Waals surface area contributed by atoms with Gasteiger partial charge < -0.3 is 20.1 Å². The smallest absolute Gasteiger partial charge is 0.165 e. The number of aliphatic hydroxyl groups is 3. The lowest BCUT2D eigenvalue weighted by Gasteiger charge is -2.17. The molecule has 1 aromatic carbocycles. The van der Waals surface area contributed by atoms with Crippen molar-refractivity contribution in [3.63, 3.8) is 0 Å². The highest BCUT2D eigenvalue weighted by Gasteiger charge is 2.19. The van der Waals surface area contributed by atoms with E-state index in [1.165, 1.54) is 19.2 Å². The van der Waals surface area contributed by atoms with Crippen molar-refractivity contribution in [2.75, 3.05) is 13.7 Å². The van der Waals surface area contributed by atoms with E-state index in [9.17, 15) is 14.6 Å². The normalized spacial score (nSPS) is 14.6. The fourth-order valence-electron chi connectivity index (χ4n) is 1.37. The van der Waals surface area contributed by atoms with Crippen LogP contribution in [-0.2, 0) is 0 Å². The standard InChI is InChI=1S/C11H15FO4/c1-16-10-6-7(2-3-8(10)12)11(15)9(14)4-5-13/h2-3,6,9,11,13-15H,4-5H2,1H3. The summed E-state index contributed by atoms with van der Waals surface area (Å²) in [7, 11) is 1.32. The molecule has 0 saturated carbocycles. The second-order valence-electron chi connectivity index (χ2n) is 3.42. The first kappa shape index (κ1) is 12.9. The first-order chi connectivity index (χ1) is 7.60. The van der Waals surface area contributed by atoms with E-state index in [2.05, 4.69) is 0 Å². The third-order valence-corrected chi connectivity index (χ3v) is 2.31. The van der Waals surface area contributed by atoms with E-state index >= 15 is 0 Å². The van der Waals surface area contributed by atoms with Gasteiger partial charge in [-0.3, -0.25) is 0 Å². The lowest BCUT2D eigenvalue weighted by molar-refractivity contribution is 0.00408. The van der Waals surface area contributed by atoms with Crippen LogP contribution in [0.5, 0.6) is 5.75 Å². The summed E-state index contributed by atoms with van der Waals surface area (Å²) >= 11 is 0. The molecule has 90 valence electrons. The van der Waals surface area contributed by atoms with Gasteiger partial charge in [0.15, 0.2) is 11.6 Å². The van der Waals surface area contributed by atoms with Gasteiger partial charge in [0.1, 0.15) is 6.10 Å². The average molecular weight is 230 g/mol. The van der Waals surface area contributed by atoms with Crippen molar-refractivity contribution >= 4 is 0 Å². The Hall–Kier alpha value is -1.17. The third kappa shape index (κ3) is 2.91. The number of halogens is 1. The third-order valence-electron chi connectivity index (χ3n) is 2.31. The topological polar surface area (TPSA) is 69.9 Å². The van der Waals surface area contributed by atoms with Crippen LogP contribution in [0.25, 0.3) is 0 Å². The van der Waals surface area contributed by atoms with Crippen LogP contribution in [0.15, 0.2) is 18.2 Å². The molecule has 16 heavy (non-hydrogen) atoms. The largest absolute Gasteiger partial charge is 0.494 e. The van der Waals surface area contributed by atoms with Crippen molar-refractivity contribution < 1.29 is 24.4 Å². The quantitative estimate of drug-likeness (QED) is 0.693. The maximum atomic E-state index is 13.1. The van der Waals surface area contributed by atoms with Gasteiger partial charge in [-0.25, -0.2) is 4.39 Å². The molecule has 2 unspecified atom stereocenters. The summed E-state index contributed by atoms with van der Waals surface area (Å²) in [5.74, 6) is -0.525. The monoisotopic (exact) mass is 230 g/mol. The first-order valence-corrected chi connectivity index (χ1v) is 4.90. The molecule has 0 aliphatic carbocycles. The summed E-state index contributed by atoms with van der Waals surface area (Å²) in [5.41, 5.74) is 0.346. The highest BCUT2D eigenvalue weighted by atomic mass is 19.1. The predicted octanol–water partition coefficient (Wildman–Crippen LogP) is 0.611. The summed E-state index contributed by atoms with van der Waals surface area (Å²) in [4.78, 5) is 0. The number of ether oxygens (including phenoxy) is 1. The zero-order valence-electron chi connectivity index (χ0n) is 8.93. The highest BCUT2D eigenvalue weighted by molar-refractivity contribution is 5.31. The fourth-order valence-corrected chi connectivity index (χ4v) is 1.37. The van der Waals surface area contributed by atoms with Crippen molar-refractivity contribution in [2.45, 2.75) is 18.6 Å². The van der Waals surface area contributed by atoms with Crippen molar-refractivity contribution in [3.05, 3.63) is 29.6 Å². The van der Waals surface area contributed by atoms with Gasteiger partial charge in [-0.2, -0.15) is 0 Å². The molecule has 0 aliphatic rings. The number of aliphatic hydroxyl groups excluding tert-OH is 3. The lowest BCUT2D eigenvalue weighted by Crippen LogP contribution is -2.19. The molecular formula is C11H15FO4. The molecule has 0 saturated heterocycles. The van der Waals surface area contributed by atoms with Crippen LogP contribution >= 0.6 is 0 Å². The van der Waals surface area contributed by atoms with Gasteiger partial charge in [-0.05, 0) is 24.1 Å². The van der Waals surface area contributed by atoms with Gasteiger partial charge in [0.2, 0.25) is 0 Å². The molecule has 0 aliphatic heterocycles. The molecule has 2 atom stereocenters. The Kier molecular flexibility index (Phi) is 4.67. The maximum absolute atomic E-state index is 13.1. The van der Waals surface area contributed by atoms with Crippen LogP contribution in [0.3, 0.4) is 0 Å². The summed E-state index contributed by atoms with van der Waals surface area (Å²) in [6.45, 7) is -0.226. The molecule has 0 amide bonds. The van der Waals surface area contributed by atoms with Gasteiger partial charge in [0.25, 0.3) is 0 Å². The molecule has 0 aromatic heterocycles. The minimum Gasteiger partial charge on any atom is -0.494 e. The Balaban J connectivity index is 2.87. The van der Waals surface area contributed by atoms with Gasteiger partial charge >= 0.3 is 0 Å². The second kappa shape index (κ2) is 5.79. The second-order valence-corrected chi connectivity index (χ2v) is 3.42. The van der Waals surface area contributed by atoms with E-state index in [-0.39, 0.29) is 18.8 Å². The Morgan fingerprint density at radius 3 is 2.62 bits per heavy atom. The van der Waals surface area contributed by atoms with Gasteiger partial charge in [-0.15, -0.1) is 0 Å². The zero-order valence-corrected chi connectivity index (χ0v) is 8.93. The molecule has 0 heterocycles. The number of rotatable bonds is 5. The van der Waals surface area contributed by atoms with Crippen molar-refractivity contribution in [1.29, 1.82) is 0 Å². The van der Waals surface area contributed by atoms with Crippen LogP contribution in [0.2, 0.25) is 0 Å². The summed E-state index contributed by atoms with van der Waals surface area (Å²) in [6.07, 6.45) is -2.19. The maximum Gasteiger partial charge on any atom is 0.165 e. The molecular weight excluding hydrogens is 215 g/mol. The van der Waals surface area contributed by atoms with Crippen LogP contribution in [0, 0.1) is 5.82 Å². The van der Waals surface area contributed by atoms with Gasteiger partial charge in [0.05, 0.1) is 13.2 Å². The molecule has 1 aromatic rings. The van der Waals surface area contributed by atoms with Crippen LogP contribution < -0.4 is 4.74 Å². The highest BCUT2D eigenvalue weighted by Crippen LogP contribution is 2.25. The van der Waals surface area contributed by atoms with Crippen LogP contribution in [0.1, 0.15) is 18.1 Å². The Labute approximate surface area is 92.9 Å². The minimum absolute atomic E-state index is 0.00717. The summed E-state index contributed by atoms with van der Waals surface area (Å²) in [5, 5.41) is 27.8. The van der Waals surface area contributed by atoms with E-state index in [1.54, 1.807) is 0 Å². The lowest BCUT2D eigenvalue weighted by atomic mass is 10.0. The zero-order chi connectivity index (χ0) is 12.1. The molecule has 3 N–H and O–H groups in total. The Morgan fingerprint density at radius 2 is 2.06 bits per heavy atom. The number of hydrogen-bond donors (Lipinski definition) is 3. The number of hydrogen-bond acceptors (Lipinski definition) is 4. The summed E-state index contributed by atoms with van der Waals surface area (Å²) in [6, 6.07) is 3.84. The molecule has 4 nitrogen and oxygen atoms in total. The SMILES string of the molecule is COc1cc(C(O)C(O)CCO)ccc1F. The van der Waals surface area contributed by atoms with Gasteiger partial charge in [-0.1, -0.05) is 6.07 Å². The van der Waals surface area contributed by atoms with Crippen molar-refractivity contribution in [3.8, 4) is 5.75 Å². The predicted molar refractivity (Wildman–Crippen MR) is 55.6 cm³/mol. The van der Waals surface area contributed by atoms with Crippen LogP contribution in [0.4, 0.5) is 4.39 Å². The van der Waals surface area contributed by atoms with Crippen LogP contribution in [-0.4, -0.2) is 35.1 Å². The van der Waals surface area contributed by atoms with Crippen molar-refractivity contribution in [1.82, 2.24) is 0 Å². The van der Waals surface area contributed by atoms with Crippen molar-refractivity contribution in [2.24, 2.45) is 0 Å². The van der Waals surface area contributed by atoms with E-state index < -0.39 is 18.0 Å². The van der Waals surface area contributed by atoms with E-state index in [4.69, 9.17) is 9.84 Å². The average Bonchev–Trinajstić information content (AvgIpc) is 2.29. The Morgan fingerprint density at radius 1 is 1.38 bits per heavy atom. The minimum atomic E-state index is -1.17. The number of methoxy groups -OCH3 is 1. The van der Waals surface area contributed by atoms with Gasteiger partial charge in [0, 0.05) is 6.61 Å². The van der Waals surface area contributed by atoms with E-state index in [1.807, 2.05) is 0 Å². The first-order valence-electron chi connectivity index (χ1n) is 4.90. The molecule has 0 radical (unpaired) electrons. The molecule has 5 heteroatoms. The van der Waals surface area contributed by atoms with E-state index in [0.717, 1.165) is 6.07 Å². The molecule has 0 spiro atoms.